The lowest BCUT2D eigenvalue weighted by atomic mass is 9.57. The van der Waals surface area contributed by atoms with Gasteiger partial charge in [0.2, 0.25) is 11.9 Å². The number of halogens is 2. The Bertz CT molecular complexity index is 933. The molecule has 1 amide bonds. The Morgan fingerprint density at radius 2 is 1.97 bits per heavy atom. The van der Waals surface area contributed by atoms with Crippen LogP contribution in [0.4, 0.5) is 20.3 Å². The Morgan fingerprint density at radius 3 is 2.66 bits per heavy atom. The number of hydrogen-bond donors (Lipinski definition) is 2. The highest BCUT2D eigenvalue weighted by Gasteiger charge is 2.59. The molecule has 154 valence electrons. The Morgan fingerprint density at radius 1 is 1.24 bits per heavy atom. The lowest BCUT2D eigenvalue weighted by Crippen LogP contribution is -2.66. The molecule has 0 bridgehead atoms. The second-order valence-corrected chi connectivity index (χ2v) is 7.89. The Hall–Kier alpha value is -2.81. The van der Waals surface area contributed by atoms with Gasteiger partial charge >= 0.3 is 0 Å². The number of hydrogen-bond acceptors (Lipinski definition) is 6. The van der Waals surface area contributed by atoms with Gasteiger partial charge < -0.3 is 20.1 Å². The number of methoxy groups -OCH3 is 1. The minimum absolute atomic E-state index is 0.0333. The fourth-order valence-electron chi connectivity index (χ4n) is 4.36. The third-order valence-electron chi connectivity index (χ3n) is 5.72. The van der Waals surface area contributed by atoms with Crippen molar-refractivity contribution in [3.8, 4) is 5.75 Å². The maximum Gasteiger partial charge on any atom is 0.274 e. The second-order valence-electron chi connectivity index (χ2n) is 7.89. The van der Waals surface area contributed by atoms with E-state index >= 15 is 0 Å². The number of nitrogens with zero attached hydrogens (tertiary/aromatic N) is 2. The van der Waals surface area contributed by atoms with Crippen LogP contribution >= 0.6 is 0 Å². The zero-order chi connectivity index (χ0) is 20.8. The second kappa shape index (κ2) is 7.22. The average molecular weight is 404 g/mol. The van der Waals surface area contributed by atoms with Crippen LogP contribution in [0.3, 0.4) is 0 Å². The maximum absolute atomic E-state index is 13.3. The Labute approximate surface area is 166 Å². The minimum atomic E-state index is -0.959. The van der Waals surface area contributed by atoms with Gasteiger partial charge in [0, 0.05) is 41.8 Å². The first-order valence-electron chi connectivity index (χ1n) is 9.37. The SMILES string of the molecule is COc1ccc(Nc2cc(F)nc(F)c2)nc1C(=O)NC1C2CCOC2C1(C)C. The van der Waals surface area contributed by atoms with Gasteiger partial charge in [0.1, 0.15) is 11.6 Å². The van der Waals surface area contributed by atoms with Crippen LogP contribution in [0.25, 0.3) is 0 Å². The van der Waals surface area contributed by atoms with E-state index in [1.54, 1.807) is 12.1 Å². The van der Waals surface area contributed by atoms with Crippen molar-refractivity contribution in [1.82, 2.24) is 15.3 Å². The van der Waals surface area contributed by atoms with Crippen molar-refractivity contribution in [3.05, 3.63) is 41.9 Å². The molecule has 0 aromatic carbocycles. The van der Waals surface area contributed by atoms with Gasteiger partial charge in [-0.3, -0.25) is 4.79 Å². The summed E-state index contributed by atoms with van der Waals surface area (Å²) >= 11 is 0. The Kier molecular flexibility index (Phi) is 4.85. The van der Waals surface area contributed by atoms with E-state index < -0.39 is 11.9 Å². The molecule has 2 aromatic heterocycles. The third-order valence-corrected chi connectivity index (χ3v) is 5.72. The van der Waals surface area contributed by atoms with Crippen LogP contribution in [0.15, 0.2) is 24.3 Å². The first-order chi connectivity index (χ1) is 13.8. The zero-order valence-corrected chi connectivity index (χ0v) is 16.3. The molecule has 1 saturated heterocycles. The van der Waals surface area contributed by atoms with Crippen molar-refractivity contribution in [3.63, 3.8) is 0 Å². The van der Waals surface area contributed by atoms with Gasteiger partial charge in [-0.05, 0) is 18.6 Å². The number of rotatable bonds is 5. The van der Waals surface area contributed by atoms with Crippen molar-refractivity contribution in [2.75, 3.05) is 19.0 Å². The molecule has 3 unspecified atom stereocenters. The predicted molar refractivity (Wildman–Crippen MR) is 101 cm³/mol. The maximum atomic E-state index is 13.3. The molecule has 0 spiro atoms. The molecule has 9 heteroatoms. The number of carbonyl (C=O) groups excluding carboxylic acids is 1. The number of aromatic nitrogens is 2. The van der Waals surface area contributed by atoms with Crippen molar-refractivity contribution < 1.29 is 23.0 Å². The molecule has 3 atom stereocenters. The molecule has 3 heterocycles. The van der Waals surface area contributed by atoms with E-state index in [2.05, 4.69) is 34.4 Å². The van der Waals surface area contributed by atoms with Crippen LogP contribution in [0.5, 0.6) is 5.75 Å². The van der Waals surface area contributed by atoms with Gasteiger partial charge in [-0.15, -0.1) is 0 Å². The zero-order valence-electron chi connectivity index (χ0n) is 16.3. The number of pyridine rings is 2. The molecule has 7 nitrogen and oxygen atoms in total. The summed E-state index contributed by atoms with van der Waals surface area (Å²) in [6, 6.07) is 5.16. The number of nitrogens with one attached hydrogen (secondary N) is 2. The van der Waals surface area contributed by atoms with Gasteiger partial charge in [0.25, 0.3) is 5.91 Å². The highest BCUT2D eigenvalue weighted by atomic mass is 19.1. The van der Waals surface area contributed by atoms with E-state index in [0.717, 1.165) is 18.6 Å². The van der Waals surface area contributed by atoms with Crippen molar-refractivity contribution in [1.29, 1.82) is 0 Å². The fourth-order valence-corrected chi connectivity index (χ4v) is 4.36. The van der Waals surface area contributed by atoms with Crippen molar-refractivity contribution >= 4 is 17.4 Å². The summed E-state index contributed by atoms with van der Waals surface area (Å²) in [5.41, 5.74) is 0.0437. The number of anilines is 2. The molecule has 4 rings (SSSR count). The quantitative estimate of drug-likeness (QED) is 0.745. The van der Waals surface area contributed by atoms with E-state index in [9.17, 15) is 13.6 Å². The van der Waals surface area contributed by atoms with Crippen LogP contribution in [0, 0.1) is 23.2 Å². The van der Waals surface area contributed by atoms with Crippen LogP contribution in [0.1, 0.15) is 30.8 Å². The molecule has 1 aliphatic heterocycles. The predicted octanol–water partition coefficient (Wildman–Crippen LogP) is 3.05. The molecule has 0 radical (unpaired) electrons. The average Bonchev–Trinajstić information content (AvgIpc) is 3.12. The first-order valence-corrected chi connectivity index (χ1v) is 9.37. The molecular weight excluding hydrogens is 382 g/mol. The molecule has 1 aliphatic carbocycles. The molecule has 2 aliphatic rings. The van der Waals surface area contributed by atoms with Gasteiger partial charge in [-0.2, -0.15) is 13.8 Å². The van der Waals surface area contributed by atoms with E-state index in [-0.39, 0.29) is 46.6 Å². The summed E-state index contributed by atoms with van der Waals surface area (Å²) in [7, 11) is 1.45. The van der Waals surface area contributed by atoms with Gasteiger partial charge in [0.05, 0.1) is 13.2 Å². The summed E-state index contributed by atoms with van der Waals surface area (Å²) in [4.78, 5) is 20.3. The number of fused-ring (bicyclic) bond motifs is 1. The van der Waals surface area contributed by atoms with Gasteiger partial charge in [-0.25, -0.2) is 4.98 Å². The lowest BCUT2D eigenvalue weighted by molar-refractivity contribution is -0.108. The normalized spacial score (nSPS) is 24.4. The largest absolute Gasteiger partial charge is 0.494 e. The van der Waals surface area contributed by atoms with E-state index in [1.807, 2.05) is 0 Å². The standard InChI is InChI=1S/C20H22F2N4O3/c1-20(2)17(11-6-7-29-18(11)20)26-19(27)16-12(28-3)4-5-15(25-16)23-10-8-13(21)24-14(22)9-10/h4-5,8-9,11,17-18H,6-7H2,1-3H3,(H,26,27)(H,23,24,25). The fraction of sp³-hybridized carbons (Fsp3) is 0.450. The van der Waals surface area contributed by atoms with E-state index in [0.29, 0.717) is 12.4 Å². The monoisotopic (exact) mass is 404 g/mol. The van der Waals surface area contributed by atoms with Crippen LogP contribution < -0.4 is 15.4 Å². The smallest absolute Gasteiger partial charge is 0.274 e. The highest BCUT2D eigenvalue weighted by Crippen LogP contribution is 2.52. The third kappa shape index (κ3) is 3.50. The lowest BCUT2D eigenvalue weighted by Gasteiger charge is -2.54. The number of ether oxygens (including phenoxy) is 2. The summed E-state index contributed by atoms with van der Waals surface area (Å²) in [6.07, 6.45) is 1.05. The number of amides is 1. The topological polar surface area (TPSA) is 85.4 Å². The highest BCUT2D eigenvalue weighted by molar-refractivity contribution is 5.95. The molecule has 2 aromatic rings. The summed E-state index contributed by atoms with van der Waals surface area (Å²) in [5.74, 6) is -1.46. The Balaban J connectivity index is 1.56. The van der Waals surface area contributed by atoms with Crippen molar-refractivity contribution in [2.24, 2.45) is 11.3 Å². The molecule has 2 fully saturated rings. The summed E-state index contributed by atoms with van der Waals surface area (Å²) in [5, 5.41) is 5.84. The minimum Gasteiger partial charge on any atom is -0.494 e. The van der Waals surface area contributed by atoms with E-state index in [1.165, 1.54) is 7.11 Å². The molecular formula is C20H22F2N4O3. The molecule has 29 heavy (non-hydrogen) atoms. The summed E-state index contributed by atoms with van der Waals surface area (Å²) < 4.78 is 37.7. The first kappa shape index (κ1) is 19.5. The molecule has 2 N–H and O–H groups in total. The van der Waals surface area contributed by atoms with Gasteiger partial charge in [-0.1, -0.05) is 13.8 Å². The van der Waals surface area contributed by atoms with Crippen LogP contribution in [0.2, 0.25) is 0 Å². The molecule has 1 saturated carbocycles. The van der Waals surface area contributed by atoms with E-state index in [4.69, 9.17) is 9.47 Å². The van der Waals surface area contributed by atoms with Crippen LogP contribution in [-0.4, -0.2) is 41.7 Å². The van der Waals surface area contributed by atoms with Gasteiger partial charge in [0.15, 0.2) is 5.69 Å². The van der Waals surface area contributed by atoms with Crippen LogP contribution in [-0.2, 0) is 4.74 Å². The summed E-state index contributed by atoms with van der Waals surface area (Å²) in [6.45, 7) is 4.84. The van der Waals surface area contributed by atoms with Crippen molar-refractivity contribution in [2.45, 2.75) is 32.4 Å². The number of carbonyl (C=O) groups is 1.